The molecule has 0 fully saturated rings. The molecule has 0 aromatic heterocycles. The molecule has 0 bridgehead atoms. The Morgan fingerprint density at radius 2 is 1.38 bits per heavy atom. The molecule has 0 aliphatic heterocycles. The van der Waals surface area contributed by atoms with Crippen LogP contribution in [0.15, 0.2) is 111 Å². The van der Waals surface area contributed by atoms with Crippen LogP contribution in [-0.4, -0.2) is 5.04 Å². The minimum Gasteiger partial charge on any atom is -0.241 e. The van der Waals surface area contributed by atoms with E-state index in [0.717, 1.165) is 16.3 Å². The van der Waals surface area contributed by atoms with Gasteiger partial charge in [0.2, 0.25) is 0 Å². The Bertz CT molecular complexity index is 883. The molecule has 1 nitrogen and oxygen atoms in total. The highest BCUT2D eigenvalue weighted by Crippen LogP contribution is 2.29. The van der Waals surface area contributed by atoms with Crippen molar-refractivity contribution < 1.29 is 0 Å². The first kappa shape index (κ1) is 18.6. The first-order chi connectivity index (χ1) is 12.7. The number of aliphatic imine (C=N–C) groups is 1. The molecule has 3 aromatic carbocycles. The van der Waals surface area contributed by atoms with E-state index in [2.05, 4.69) is 67.8 Å². The maximum atomic E-state index is 4.89. The van der Waals surface area contributed by atoms with Crippen molar-refractivity contribution in [3.63, 3.8) is 0 Å². The number of aryl methyl sites for hydroxylation is 1. The van der Waals surface area contributed by atoms with Gasteiger partial charge in [0, 0.05) is 9.79 Å². The van der Waals surface area contributed by atoms with Crippen LogP contribution >= 0.6 is 23.5 Å². The molecule has 0 radical (unpaired) electrons. The standard InChI is InChI=1S/C23H21NS2/c1-18-13-15-22(16-14-18)26-23(24-20-9-5-3-6-10-20)19(2)17-25-21-11-7-4-8-12-21/h3-17H,1-2H3/b19-17+,24-23-. The Morgan fingerprint density at radius 3 is 2.04 bits per heavy atom. The molecule has 0 aliphatic carbocycles. The van der Waals surface area contributed by atoms with Crippen molar-refractivity contribution >= 4 is 34.3 Å². The van der Waals surface area contributed by atoms with Crippen LogP contribution in [0, 0.1) is 6.92 Å². The first-order valence-electron chi connectivity index (χ1n) is 8.48. The summed E-state index contributed by atoms with van der Waals surface area (Å²) < 4.78 is 0. The van der Waals surface area contributed by atoms with Gasteiger partial charge in [0.15, 0.2) is 0 Å². The Labute approximate surface area is 164 Å². The molecule has 0 spiro atoms. The number of nitrogens with zero attached hydrogens (tertiary/aromatic N) is 1. The van der Waals surface area contributed by atoms with E-state index in [-0.39, 0.29) is 0 Å². The van der Waals surface area contributed by atoms with E-state index in [1.165, 1.54) is 15.4 Å². The van der Waals surface area contributed by atoms with E-state index in [1.54, 1.807) is 23.5 Å². The molecule has 0 amide bonds. The normalized spacial score (nSPS) is 12.2. The van der Waals surface area contributed by atoms with Gasteiger partial charge in [0.05, 0.1) is 5.69 Å². The summed E-state index contributed by atoms with van der Waals surface area (Å²) in [4.78, 5) is 7.31. The lowest BCUT2D eigenvalue weighted by atomic mass is 10.2. The topological polar surface area (TPSA) is 12.4 Å². The SMILES string of the molecule is CC(=C\Sc1ccccc1)/C(=N/c1ccccc1)Sc1ccc(C)cc1. The van der Waals surface area contributed by atoms with E-state index in [0.29, 0.717) is 0 Å². The molecular formula is C23H21NS2. The van der Waals surface area contributed by atoms with Crippen molar-refractivity contribution in [1.82, 2.24) is 0 Å². The molecule has 26 heavy (non-hydrogen) atoms. The maximum Gasteiger partial charge on any atom is 0.105 e. The number of hydrogen-bond donors (Lipinski definition) is 0. The summed E-state index contributed by atoms with van der Waals surface area (Å²) in [7, 11) is 0. The third kappa shape index (κ3) is 5.65. The number of thioether (sulfide) groups is 2. The number of benzene rings is 3. The van der Waals surface area contributed by atoms with Gasteiger partial charge in [0.1, 0.15) is 5.04 Å². The summed E-state index contributed by atoms with van der Waals surface area (Å²) in [6, 6.07) is 29.1. The third-order valence-electron chi connectivity index (χ3n) is 3.67. The summed E-state index contributed by atoms with van der Waals surface area (Å²) >= 11 is 3.43. The van der Waals surface area contributed by atoms with Gasteiger partial charge >= 0.3 is 0 Å². The van der Waals surface area contributed by atoms with Crippen molar-refractivity contribution in [2.75, 3.05) is 0 Å². The second kappa shape index (κ2) is 9.46. The zero-order valence-electron chi connectivity index (χ0n) is 14.9. The smallest absolute Gasteiger partial charge is 0.105 e. The monoisotopic (exact) mass is 375 g/mol. The molecular weight excluding hydrogens is 354 g/mol. The van der Waals surface area contributed by atoms with Gasteiger partial charge in [-0.2, -0.15) is 0 Å². The van der Waals surface area contributed by atoms with Crippen LogP contribution in [0.25, 0.3) is 0 Å². The lowest BCUT2D eigenvalue weighted by molar-refractivity contribution is 1.38. The maximum absolute atomic E-state index is 4.89. The van der Waals surface area contributed by atoms with E-state index in [9.17, 15) is 0 Å². The van der Waals surface area contributed by atoms with Crippen molar-refractivity contribution in [3.8, 4) is 0 Å². The van der Waals surface area contributed by atoms with E-state index in [4.69, 9.17) is 4.99 Å². The quantitative estimate of drug-likeness (QED) is 0.260. The highest BCUT2D eigenvalue weighted by Gasteiger charge is 2.07. The van der Waals surface area contributed by atoms with Crippen LogP contribution in [0.3, 0.4) is 0 Å². The fourth-order valence-corrected chi connectivity index (χ4v) is 3.91. The molecule has 0 saturated carbocycles. The van der Waals surface area contributed by atoms with Gasteiger partial charge in [0.25, 0.3) is 0 Å². The predicted molar refractivity (Wildman–Crippen MR) is 117 cm³/mol. The molecule has 0 saturated heterocycles. The molecule has 0 N–H and O–H groups in total. The molecule has 3 heteroatoms. The summed E-state index contributed by atoms with van der Waals surface area (Å²) in [5.41, 5.74) is 3.40. The van der Waals surface area contributed by atoms with Crippen molar-refractivity contribution in [2.24, 2.45) is 4.99 Å². The minimum absolute atomic E-state index is 0.972. The van der Waals surface area contributed by atoms with Crippen LogP contribution < -0.4 is 0 Å². The lowest BCUT2D eigenvalue weighted by Gasteiger charge is -2.08. The molecule has 0 unspecified atom stereocenters. The summed E-state index contributed by atoms with van der Waals surface area (Å²) in [5, 5.41) is 3.20. The van der Waals surface area contributed by atoms with Gasteiger partial charge in [-0.1, -0.05) is 77.6 Å². The Balaban J connectivity index is 1.86. The van der Waals surface area contributed by atoms with E-state index >= 15 is 0 Å². The van der Waals surface area contributed by atoms with Crippen LogP contribution in [0.4, 0.5) is 5.69 Å². The highest BCUT2D eigenvalue weighted by molar-refractivity contribution is 8.14. The molecule has 3 aromatic rings. The van der Waals surface area contributed by atoms with Crippen LogP contribution in [-0.2, 0) is 0 Å². The van der Waals surface area contributed by atoms with Crippen molar-refractivity contribution in [1.29, 1.82) is 0 Å². The van der Waals surface area contributed by atoms with Gasteiger partial charge in [-0.3, -0.25) is 0 Å². The third-order valence-corrected chi connectivity index (χ3v) is 5.80. The molecule has 0 heterocycles. The van der Waals surface area contributed by atoms with Gasteiger partial charge in [-0.15, -0.1) is 0 Å². The largest absolute Gasteiger partial charge is 0.241 e. The predicted octanol–water partition coefficient (Wildman–Crippen LogP) is 7.51. The Kier molecular flexibility index (Phi) is 6.75. The summed E-state index contributed by atoms with van der Waals surface area (Å²) in [5.74, 6) is 0. The molecule has 3 rings (SSSR count). The molecule has 0 aliphatic rings. The van der Waals surface area contributed by atoms with Gasteiger partial charge in [-0.05, 0) is 61.2 Å². The Morgan fingerprint density at radius 1 is 0.769 bits per heavy atom. The number of rotatable bonds is 5. The van der Waals surface area contributed by atoms with Crippen molar-refractivity contribution in [2.45, 2.75) is 23.6 Å². The second-order valence-electron chi connectivity index (χ2n) is 5.90. The lowest BCUT2D eigenvalue weighted by Crippen LogP contribution is -1.94. The van der Waals surface area contributed by atoms with E-state index in [1.807, 2.05) is 36.4 Å². The molecule has 130 valence electrons. The number of hydrogen-bond acceptors (Lipinski definition) is 3. The van der Waals surface area contributed by atoms with Crippen LogP contribution in [0.5, 0.6) is 0 Å². The zero-order valence-corrected chi connectivity index (χ0v) is 16.6. The fraction of sp³-hybridized carbons (Fsp3) is 0.0870. The highest BCUT2D eigenvalue weighted by atomic mass is 32.2. The average molecular weight is 376 g/mol. The van der Waals surface area contributed by atoms with Crippen LogP contribution in [0.2, 0.25) is 0 Å². The van der Waals surface area contributed by atoms with E-state index < -0.39 is 0 Å². The van der Waals surface area contributed by atoms with Crippen molar-refractivity contribution in [3.05, 3.63) is 101 Å². The van der Waals surface area contributed by atoms with Gasteiger partial charge in [-0.25, -0.2) is 4.99 Å². The molecule has 0 atom stereocenters. The van der Waals surface area contributed by atoms with Crippen LogP contribution in [0.1, 0.15) is 12.5 Å². The second-order valence-corrected chi connectivity index (χ2v) is 7.90. The fourth-order valence-electron chi connectivity index (χ4n) is 2.24. The first-order valence-corrected chi connectivity index (χ1v) is 10.2. The summed E-state index contributed by atoms with van der Waals surface area (Å²) in [6.07, 6.45) is 0. The average Bonchev–Trinajstić information content (AvgIpc) is 2.69. The summed E-state index contributed by atoms with van der Waals surface area (Å²) in [6.45, 7) is 4.23. The minimum atomic E-state index is 0.972. The Hall–Kier alpha value is -2.23. The van der Waals surface area contributed by atoms with Gasteiger partial charge < -0.3 is 0 Å². The zero-order chi connectivity index (χ0) is 18.2. The number of para-hydroxylation sites is 1.